The van der Waals surface area contributed by atoms with Crippen LogP contribution in [0, 0.1) is 5.92 Å². The van der Waals surface area contributed by atoms with Gasteiger partial charge in [0.05, 0.1) is 0 Å². The van der Waals surface area contributed by atoms with E-state index in [9.17, 15) is 4.79 Å². The molecular formula is C23H24ClN3O4. The fourth-order valence-electron chi connectivity index (χ4n) is 3.39. The Morgan fingerprint density at radius 3 is 2.26 bits per heavy atom. The summed E-state index contributed by atoms with van der Waals surface area (Å²) in [5.41, 5.74) is 1.56. The second-order valence-corrected chi connectivity index (χ2v) is 7.86. The molecule has 1 fully saturated rings. The molecule has 162 valence electrons. The molecule has 0 bridgehead atoms. The fourth-order valence-corrected chi connectivity index (χ4v) is 3.52. The third-order valence-electron chi connectivity index (χ3n) is 5.20. The minimum Gasteiger partial charge on any atom is -0.484 e. The van der Waals surface area contributed by atoms with Gasteiger partial charge in [0.25, 0.3) is 5.91 Å². The zero-order chi connectivity index (χ0) is 21.5. The Balaban J connectivity index is 1.24. The highest BCUT2D eigenvalue weighted by atomic mass is 35.5. The molecule has 1 aromatic heterocycles. The molecule has 7 nitrogen and oxygen atoms in total. The number of rotatable bonds is 8. The number of nitrogens with zero attached hydrogens (tertiary/aromatic N) is 2. The van der Waals surface area contributed by atoms with Crippen molar-refractivity contribution in [1.29, 1.82) is 0 Å². The van der Waals surface area contributed by atoms with E-state index in [4.69, 9.17) is 25.5 Å². The van der Waals surface area contributed by atoms with Crippen molar-refractivity contribution in [2.75, 3.05) is 26.4 Å². The Morgan fingerprint density at radius 2 is 1.61 bits per heavy atom. The van der Waals surface area contributed by atoms with E-state index >= 15 is 0 Å². The first kappa shape index (κ1) is 21.3. The molecule has 0 spiro atoms. The monoisotopic (exact) mass is 441 g/mol. The normalized spacial score (nSPS) is 14.4. The number of hydrogen-bond acceptors (Lipinski definition) is 6. The minimum absolute atomic E-state index is 0.0194. The Hall–Kier alpha value is -2.90. The predicted octanol–water partition coefficient (Wildman–Crippen LogP) is 4.37. The molecule has 0 saturated carbocycles. The van der Waals surface area contributed by atoms with Gasteiger partial charge < -0.3 is 19.2 Å². The van der Waals surface area contributed by atoms with Crippen LogP contribution in [0.5, 0.6) is 5.75 Å². The van der Waals surface area contributed by atoms with Crippen LogP contribution in [0.2, 0.25) is 5.02 Å². The van der Waals surface area contributed by atoms with Gasteiger partial charge in [0, 0.05) is 35.9 Å². The first-order valence-electron chi connectivity index (χ1n) is 10.3. The molecule has 2 heterocycles. The molecule has 4 rings (SSSR count). The standard InChI is InChI=1S/C23H24ClN3O4/c24-19-5-1-17(2-6-19)22-26-27-23(31-22)18-3-7-20(8-4-18)30-15-21(28)25-12-9-16-10-13-29-14-11-16/h1-8,16H,9-15H2,(H,25,28). The Kier molecular flexibility index (Phi) is 7.17. The summed E-state index contributed by atoms with van der Waals surface area (Å²) in [5.74, 6) is 1.93. The molecule has 0 aliphatic carbocycles. The second-order valence-electron chi connectivity index (χ2n) is 7.43. The summed E-state index contributed by atoms with van der Waals surface area (Å²) in [4.78, 5) is 12.0. The summed E-state index contributed by atoms with van der Waals surface area (Å²) < 4.78 is 16.7. The fraction of sp³-hybridized carbons (Fsp3) is 0.348. The zero-order valence-electron chi connectivity index (χ0n) is 17.1. The molecule has 0 radical (unpaired) electrons. The summed E-state index contributed by atoms with van der Waals surface area (Å²) in [5, 5.41) is 11.7. The largest absolute Gasteiger partial charge is 0.484 e. The van der Waals surface area contributed by atoms with E-state index in [0.29, 0.717) is 35.0 Å². The van der Waals surface area contributed by atoms with Gasteiger partial charge in [-0.05, 0) is 73.7 Å². The zero-order valence-corrected chi connectivity index (χ0v) is 17.8. The van der Waals surface area contributed by atoms with Gasteiger partial charge in [-0.25, -0.2) is 0 Å². The van der Waals surface area contributed by atoms with Gasteiger partial charge in [-0.15, -0.1) is 10.2 Å². The molecule has 0 atom stereocenters. The number of carbonyl (C=O) groups excluding carboxylic acids is 1. The van der Waals surface area contributed by atoms with E-state index in [1.165, 1.54) is 0 Å². The lowest BCUT2D eigenvalue weighted by Crippen LogP contribution is -2.31. The number of benzene rings is 2. The number of ether oxygens (including phenoxy) is 2. The van der Waals surface area contributed by atoms with E-state index in [-0.39, 0.29) is 12.5 Å². The number of carbonyl (C=O) groups is 1. The van der Waals surface area contributed by atoms with Gasteiger partial charge in [0.15, 0.2) is 6.61 Å². The van der Waals surface area contributed by atoms with E-state index in [2.05, 4.69) is 15.5 Å². The van der Waals surface area contributed by atoms with E-state index in [1.807, 2.05) is 24.3 Å². The van der Waals surface area contributed by atoms with Crippen molar-refractivity contribution in [2.24, 2.45) is 5.92 Å². The van der Waals surface area contributed by atoms with Crippen molar-refractivity contribution in [1.82, 2.24) is 15.5 Å². The Morgan fingerprint density at radius 1 is 1.00 bits per heavy atom. The van der Waals surface area contributed by atoms with Crippen LogP contribution in [0.4, 0.5) is 0 Å². The number of aromatic nitrogens is 2. The second kappa shape index (κ2) is 10.4. The molecule has 1 amide bonds. The molecule has 31 heavy (non-hydrogen) atoms. The van der Waals surface area contributed by atoms with Crippen molar-refractivity contribution >= 4 is 17.5 Å². The maximum absolute atomic E-state index is 12.0. The molecule has 1 aliphatic heterocycles. The SMILES string of the molecule is O=C(COc1ccc(-c2nnc(-c3ccc(Cl)cc3)o2)cc1)NCCC1CCOCC1. The molecular weight excluding hydrogens is 418 g/mol. The van der Waals surface area contributed by atoms with Crippen molar-refractivity contribution in [3.8, 4) is 28.7 Å². The van der Waals surface area contributed by atoms with Gasteiger partial charge in [0.2, 0.25) is 11.8 Å². The highest BCUT2D eigenvalue weighted by Gasteiger charge is 2.14. The van der Waals surface area contributed by atoms with Crippen molar-refractivity contribution < 1.29 is 18.7 Å². The molecule has 3 aromatic rings. The summed E-state index contributed by atoms with van der Waals surface area (Å²) in [6.07, 6.45) is 3.12. The number of amides is 1. The summed E-state index contributed by atoms with van der Waals surface area (Å²) in [6.45, 7) is 2.29. The van der Waals surface area contributed by atoms with Gasteiger partial charge >= 0.3 is 0 Å². The first-order chi connectivity index (χ1) is 15.2. The smallest absolute Gasteiger partial charge is 0.257 e. The molecule has 1 aliphatic rings. The lowest BCUT2D eigenvalue weighted by Gasteiger charge is -2.21. The van der Waals surface area contributed by atoms with E-state index in [1.54, 1.807) is 24.3 Å². The average Bonchev–Trinajstić information content (AvgIpc) is 3.29. The maximum Gasteiger partial charge on any atom is 0.257 e. The van der Waals surface area contributed by atoms with E-state index < -0.39 is 0 Å². The highest BCUT2D eigenvalue weighted by molar-refractivity contribution is 6.30. The number of hydrogen-bond donors (Lipinski definition) is 1. The molecule has 0 unspecified atom stereocenters. The quantitative estimate of drug-likeness (QED) is 0.558. The van der Waals surface area contributed by atoms with Gasteiger partial charge in [0.1, 0.15) is 5.75 Å². The lowest BCUT2D eigenvalue weighted by molar-refractivity contribution is -0.123. The number of nitrogens with one attached hydrogen (secondary N) is 1. The number of halogens is 1. The van der Waals surface area contributed by atoms with Crippen LogP contribution in [0.25, 0.3) is 22.9 Å². The van der Waals surface area contributed by atoms with Crippen molar-refractivity contribution in [3.63, 3.8) is 0 Å². The van der Waals surface area contributed by atoms with Gasteiger partial charge in [-0.2, -0.15) is 0 Å². The van der Waals surface area contributed by atoms with Gasteiger partial charge in [-0.1, -0.05) is 11.6 Å². The Bertz CT molecular complexity index is 983. The molecule has 1 saturated heterocycles. The average molecular weight is 442 g/mol. The Labute approximate surface area is 185 Å². The van der Waals surface area contributed by atoms with Crippen LogP contribution in [0.3, 0.4) is 0 Å². The molecule has 2 aromatic carbocycles. The van der Waals surface area contributed by atoms with Crippen LogP contribution in [-0.4, -0.2) is 42.5 Å². The third-order valence-corrected chi connectivity index (χ3v) is 5.45. The summed E-state index contributed by atoms with van der Waals surface area (Å²) >= 11 is 5.91. The molecule has 1 N–H and O–H groups in total. The highest BCUT2D eigenvalue weighted by Crippen LogP contribution is 2.26. The van der Waals surface area contributed by atoms with Crippen LogP contribution in [0.15, 0.2) is 52.9 Å². The van der Waals surface area contributed by atoms with Crippen LogP contribution in [0.1, 0.15) is 19.3 Å². The van der Waals surface area contributed by atoms with Crippen LogP contribution < -0.4 is 10.1 Å². The van der Waals surface area contributed by atoms with Crippen LogP contribution >= 0.6 is 11.6 Å². The maximum atomic E-state index is 12.0. The van der Waals surface area contributed by atoms with Crippen molar-refractivity contribution in [3.05, 3.63) is 53.6 Å². The topological polar surface area (TPSA) is 86.5 Å². The molecule has 8 heteroatoms. The van der Waals surface area contributed by atoms with Gasteiger partial charge in [-0.3, -0.25) is 4.79 Å². The van der Waals surface area contributed by atoms with E-state index in [0.717, 1.165) is 43.6 Å². The minimum atomic E-state index is -0.124. The first-order valence-corrected chi connectivity index (χ1v) is 10.7. The van der Waals surface area contributed by atoms with Crippen LogP contribution in [-0.2, 0) is 9.53 Å². The predicted molar refractivity (Wildman–Crippen MR) is 117 cm³/mol. The third kappa shape index (κ3) is 6.06. The lowest BCUT2D eigenvalue weighted by atomic mass is 9.97. The summed E-state index contributed by atoms with van der Waals surface area (Å²) in [6, 6.07) is 14.4. The summed E-state index contributed by atoms with van der Waals surface area (Å²) in [7, 11) is 0. The van der Waals surface area contributed by atoms with Crippen molar-refractivity contribution in [2.45, 2.75) is 19.3 Å².